The summed E-state index contributed by atoms with van der Waals surface area (Å²) in [5, 5.41) is 4.89. The highest BCUT2D eigenvalue weighted by Gasteiger charge is 2.23. The van der Waals surface area contributed by atoms with Gasteiger partial charge in [0.15, 0.2) is 6.10 Å². The molecule has 2 heterocycles. The van der Waals surface area contributed by atoms with E-state index >= 15 is 0 Å². The smallest absolute Gasteiger partial charge is 0.336 e. The third kappa shape index (κ3) is 3.31. The highest BCUT2D eigenvalue weighted by atomic mass is 19.1. The second-order valence-electron chi connectivity index (χ2n) is 6.20. The highest BCUT2D eigenvalue weighted by Crippen LogP contribution is 2.23. The first-order chi connectivity index (χ1) is 12.6. The monoisotopic (exact) mass is 353 g/mol. The summed E-state index contributed by atoms with van der Waals surface area (Å²) in [5.74, 6) is 0.270. The molecular formula is C20H16FNO4. The topological polar surface area (TPSA) is 61.0 Å². The zero-order valence-corrected chi connectivity index (χ0v) is 14.1. The lowest BCUT2D eigenvalue weighted by Gasteiger charge is -2.11. The van der Waals surface area contributed by atoms with Gasteiger partial charge in [0.05, 0.1) is 5.71 Å². The fourth-order valence-electron chi connectivity index (χ4n) is 2.94. The van der Waals surface area contributed by atoms with Crippen molar-refractivity contribution in [1.82, 2.24) is 0 Å². The number of fused-ring (bicyclic) bond motifs is 1. The Morgan fingerprint density at radius 2 is 2.12 bits per heavy atom. The molecule has 0 saturated heterocycles. The molecule has 0 saturated carbocycles. The van der Waals surface area contributed by atoms with Crippen molar-refractivity contribution in [3.05, 3.63) is 75.9 Å². The molecule has 1 aliphatic heterocycles. The van der Waals surface area contributed by atoms with Gasteiger partial charge in [0.2, 0.25) is 0 Å². The van der Waals surface area contributed by atoms with E-state index in [0.29, 0.717) is 29.0 Å². The quantitative estimate of drug-likeness (QED) is 0.669. The molecule has 1 atom stereocenters. The Morgan fingerprint density at radius 3 is 2.96 bits per heavy atom. The van der Waals surface area contributed by atoms with Gasteiger partial charge in [0, 0.05) is 29.5 Å². The van der Waals surface area contributed by atoms with E-state index in [1.165, 1.54) is 18.2 Å². The average Bonchev–Trinajstić information content (AvgIpc) is 3.08. The molecule has 4 rings (SSSR count). The van der Waals surface area contributed by atoms with Crippen LogP contribution < -0.4 is 10.4 Å². The maximum absolute atomic E-state index is 13.3. The number of hydrogen-bond acceptors (Lipinski definition) is 5. The van der Waals surface area contributed by atoms with Crippen LogP contribution in [0, 0.1) is 12.7 Å². The molecule has 0 spiro atoms. The van der Waals surface area contributed by atoms with Crippen LogP contribution in [0.1, 0.15) is 17.5 Å². The zero-order valence-electron chi connectivity index (χ0n) is 14.1. The Hall–Kier alpha value is -3.15. The van der Waals surface area contributed by atoms with E-state index in [-0.39, 0.29) is 24.2 Å². The van der Waals surface area contributed by atoms with Gasteiger partial charge in [-0.25, -0.2) is 9.18 Å². The summed E-state index contributed by atoms with van der Waals surface area (Å²) in [6, 6.07) is 13.1. The number of oxime groups is 1. The van der Waals surface area contributed by atoms with Crippen molar-refractivity contribution in [2.75, 3.05) is 6.61 Å². The molecule has 132 valence electrons. The first kappa shape index (κ1) is 16.3. The summed E-state index contributed by atoms with van der Waals surface area (Å²) in [5.41, 5.74) is 2.35. The first-order valence-corrected chi connectivity index (χ1v) is 8.24. The Balaban J connectivity index is 1.42. The van der Waals surface area contributed by atoms with Gasteiger partial charge < -0.3 is 14.0 Å². The third-order valence-corrected chi connectivity index (χ3v) is 4.25. The van der Waals surface area contributed by atoms with E-state index in [9.17, 15) is 9.18 Å². The minimum Gasteiger partial charge on any atom is -0.489 e. The second-order valence-corrected chi connectivity index (χ2v) is 6.20. The number of nitrogens with zero attached hydrogens (tertiary/aromatic N) is 1. The summed E-state index contributed by atoms with van der Waals surface area (Å²) >= 11 is 0. The number of aryl methyl sites for hydroxylation is 1. The molecule has 3 aromatic rings. The number of hydrogen-bond donors (Lipinski definition) is 0. The Morgan fingerprint density at radius 1 is 1.23 bits per heavy atom. The Labute approximate surface area is 148 Å². The molecular weight excluding hydrogens is 337 g/mol. The molecule has 0 amide bonds. The molecule has 1 aromatic heterocycles. The fraction of sp³-hybridized carbons (Fsp3) is 0.200. The maximum Gasteiger partial charge on any atom is 0.336 e. The summed E-state index contributed by atoms with van der Waals surface area (Å²) in [4.78, 5) is 16.9. The van der Waals surface area contributed by atoms with E-state index in [1.807, 2.05) is 19.1 Å². The predicted molar refractivity (Wildman–Crippen MR) is 95.1 cm³/mol. The predicted octanol–water partition coefficient (Wildman–Crippen LogP) is 3.81. The summed E-state index contributed by atoms with van der Waals surface area (Å²) < 4.78 is 24.3. The standard InChI is InChI=1S/C20H16FNO4/c1-12-7-20(23)25-19-10-15(5-6-17(12)19)24-11-16-9-18(22-26-16)13-3-2-4-14(21)8-13/h2-8,10,16H,9,11H2,1H3. The molecule has 1 unspecified atom stereocenters. The number of benzene rings is 2. The molecule has 5 nitrogen and oxygen atoms in total. The van der Waals surface area contributed by atoms with Crippen molar-refractivity contribution in [3.63, 3.8) is 0 Å². The molecule has 6 heteroatoms. The lowest BCUT2D eigenvalue weighted by Crippen LogP contribution is -2.18. The molecule has 0 bridgehead atoms. The van der Waals surface area contributed by atoms with Gasteiger partial charge >= 0.3 is 5.63 Å². The summed E-state index contributed by atoms with van der Waals surface area (Å²) in [7, 11) is 0. The highest BCUT2D eigenvalue weighted by molar-refractivity contribution is 6.01. The normalized spacial score (nSPS) is 16.4. The SMILES string of the molecule is Cc1cc(=O)oc2cc(OCC3CC(c4cccc(F)c4)=NO3)ccc12. The van der Waals surface area contributed by atoms with Crippen LogP contribution >= 0.6 is 0 Å². The van der Waals surface area contributed by atoms with Crippen LogP contribution in [-0.2, 0) is 4.84 Å². The number of ether oxygens (including phenoxy) is 1. The van der Waals surface area contributed by atoms with E-state index in [2.05, 4.69) is 5.16 Å². The van der Waals surface area contributed by atoms with Crippen LogP contribution in [0.25, 0.3) is 11.0 Å². The van der Waals surface area contributed by atoms with Crippen LogP contribution in [0.2, 0.25) is 0 Å². The van der Waals surface area contributed by atoms with Crippen molar-refractivity contribution in [2.45, 2.75) is 19.4 Å². The van der Waals surface area contributed by atoms with E-state index in [4.69, 9.17) is 14.0 Å². The van der Waals surface area contributed by atoms with Gasteiger partial charge in [-0.05, 0) is 36.8 Å². The van der Waals surface area contributed by atoms with Crippen molar-refractivity contribution < 1.29 is 18.4 Å². The van der Waals surface area contributed by atoms with Crippen molar-refractivity contribution in [1.29, 1.82) is 0 Å². The van der Waals surface area contributed by atoms with Crippen LogP contribution in [0.15, 0.2) is 62.9 Å². The lowest BCUT2D eigenvalue weighted by atomic mass is 10.1. The minimum absolute atomic E-state index is 0.256. The minimum atomic E-state index is -0.389. The van der Waals surface area contributed by atoms with Crippen molar-refractivity contribution >= 4 is 16.7 Å². The molecule has 0 aliphatic carbocycles. The van der Waals surface area contributed by atoms with Crippen LogP contribution in [0.4, 0.5) is 4.39 Å². The fourth-order valence-corrected chi connectivity index (χ4v) is 2.94. The first-order valence-electron chi connectivity index (χ1n) is 8.24. The van der Waals surface area contributed by atoms with Crippen LogP contribution in [0.5, 0.6) is 5.75 Å². The number of rotatable bonds is 4. The van der Waals surface area contributed by atoms with Gasteiger partial charge in [0.1, 0.15) is 23.8 Å². The summed E-state index contributed by atoms with van der Waals surface area (Å²) in [6.45, 7) is 2.14. The molecule has 0 fully saturated rings. The van der Waals surface area contributed by atoms with E-state index in [0.717, 1.165) is 10.9 Å². The molecule has 1 aliphatic rings. The Bertz CT molecular complexity index is 1060. The maximum atomic E-state index is 13.3. The van der Waals surface area contributed by atoms with Crippen LogP contribution in [0.3, 0.4) is 0 Å². The molecule has 0 radical (unpaired) electrons. The van der Waals surface area contributed by atoms with E-state index < -0.39 is 0 Å². The van der Waals surface area contributed by atoms with Gasteiger partial charge in [-0.2, -0.15) is 0 Å². The largest absolute Gasteiger partial charge is 0.489 e. The average molecular weight is 353 g/mol. The van der Waals surface area contributed by atoms with Crippen molar-refractivity contribution in [2.24, 2.45) is 5.16 Å². The Kier molecular flexibility index (Phi) is 4.16. The molecule has 0 N–H and O–H groups in total. The zero-order chi connectivity index (χ0) is 18.1. The molecule has 2 aromatic carbocycles. The molecule has 26 heavy (non-hydrogen) atoms. The summed E-state index contributed by atoms with van der Waals surface area (Å²) in [6.07, 6.45) is 0.277. The van der Waals surface area contributed by atoms with Gasteiger partial charge in [-0.1, -0.05) is 17.3 Å². The van der Waals surface area contributed by atoms with Crippen molar-refractivity contribution in [3.8, 4) is 5.75 Å². The van der Waals surface area contributed by atoms with Crippen LogP contribution in [-0.4, -0.2) is 18.4 Å². The third-order valence-electron chi connectivity index (χ3n) is 4.25. The lowest BCUT2D eigenvalue weighted by molar-refractivity contribution is 0.0471. The second kappa shape index (κ2) is 6.63. The van der Waals surface area contributed by atoms with Gasteiger partial charge in [0.25, 0.3) is 0 Å². The van der Waals surface area contributed by atoms with Gasteiger partial charge in [-0.15, -0.1) is 0 Å². The number of halogens is 1. The van der Waals surface area contributed by atoms with Gasteiger partial charge in [-0.3, -0.25) is 0 Å². The van der Waals surface area contributed by atoms with E-state index in [1.54, 1.807) is 18.2 Å².